The van der Waals surface area contributed by atoms with Gasteiger partial charge in [0.1, 0.15) is 26.7 Å². The quantitative estimate of drug-likeness (QED) is 0.663. The molecule has 0 aliphatic heterocycles. The van der Waals surface area contributed by atoms with Gasteiger partial charge >= 0.3 is 0 Å². The van der Waals surface area contributed by atoms with Crippen molar-refractivity contribution in [3.63, 3.8) is 0 Å². The monoisotopic (exact) mass is 303 g/mol. The van der Waals surface area contributed by atoms with E-state index in [1.54, 1.807) is 6.92 Å². The van der Waals surface area contributed by atoms with E-state index in [2.05, 4.69) is 9.38 Å². The van der Waals surface area contributed by atoms with Gasteiger partial charge in [-0.2, -0.15) is 0 Å². The van der Waals surface area contributed by atoms with Gasteiger partial charge in [0.2, 0.25) is 10.0 Å². The second-order valence-corrected chi connectivity index (χ2v) is 8.43. The maximum absolute atomic E-state index is 11.9. The van der Waals surface area contributed by atoms with Gasteiger partial charge in [-0.25, -0.2) is 13.6 Å². The minimum absolute atomic E-state index is 0.0685. The zero-order valence-corrected chi connectivity index (χ0v) is 12.9. The van der Waals surface area contributed by atoms with Gasteiger partial charge in [0.15, 0.2) is 0 Å². The molecular formula is C11H17N3O3S2. The van der Waals surface area contributed by atoms with Gasteiger partial charge in [-0.05, 0) is 39.8 Å². The molecule has 0 spiro atoms. The van der Waals surface area contributed by atoms with Crippen molar-refractivity contribution in [3.05, 3.63) is 24.0 Å². The van der Waals surface area contributed by atoms with E-state index in [0.717, 1.165) is 6.20 Å². The number of aromatic nitrogens is 1. The predicted molar refractivity (Wildman–Crippen MR) is 75.7 cm³/mol. The average molecular weight is 303 g/mol. The summed E-state index contributed by atoms with van der Waals surface area (Å²) in [6.45, 7) is 7.12. The second kappa shape index (κ2) is 5.58. The third-order valence-electron chi connectivity index (χ3n) is 2.18. The summed E-state index contributed by atoms with van der Waals surface area (Å²) in [6, 6.07) is 2.83. The van der Waals surface area contributed by atoms with Crippen LogP contribution in [0.3, 0.4) is 0 Å². The van der Waals surface area contributed by atoms with Crippen LogP contribution in [-0.2, 0) is 21.4 Å². The van der Waals surface area contributed by atoms with Crippen LogP contribution in [0.15, 0.2) is 27.6 Å². The van der Waals surface area contributed by atoms with Crippen LogP contribution in [-0.4, -0.2) is 28.4 Å². The van der Waals surface area contributed by atoms with Crippen molar-refractivity contribution >= 4 is 27.1 Å². The van der Waals surface area contributed by atoms with Crippen LogP contribution in [0.25, 0.3) is 0 Å². The van der Waals surface area contributed by atoms with Gasteiger partial charge in [0, 0.05) is 6.20 Å². The van der Waals surface area contributed by atoms with Crippen LogP contribution < -0.4 is 5.14 Å². The van der Waals surface area contributed by atoms with Crippen LogP contribution in [0.1, 0.15) is 33.4 Å². The van der Waals surface area contributed by atoms with Crippen LogP contribution in [0.4, 0.5) is 0 Å². The Balaban J connectivity index is 3.02. The highest BCUT2D eigenvalue weighted by Crippen LogP contribution is 2.18. The lowest BCUT2D eigenvalue weighted by atomic mass is 10.3. The molecule has 1 aromatic heterocycles. The van der Waals surface area contributed by atoms with Crippen molar-refractivity contribution < 1.29 is 13.0 Å². The Hall–Kier alpha value is -0.960. The number of sulfonamides is 1. The predicted octanol–water partition coefficient (Wildman–Crippen LogP) is 1.00. The Morgan fingerprint density at radius 1 is 1.42 bits per heavy atom. The molecule has 0 amide bonds. The van der Waals surface area contributed by atoms with Gasteiger partial charge in [0.25, 0.3) is 0 Å². The molecule has 1 aromatic rings. The molecule has 1 rings (SSSR count). The van der Waals surface area contributed by atoms with Gasteiger partial charge < -0.3 is 4.55 Å². The molecule has 6 nitrogen and oxygen atoms in total. The van der Waals surface area contributed by atoms with Crippen molar-refractivity contribution in [2.24, 2.45) is 9.54 Å². The van der Waals surface area contributed by atoms with E-state index < -0.39 is 26.1 Å². The fourth-order valence-corrected chi connectivity index (χ4v) is 2.14. The number of rotatable bonds is 3. The van der Waals surface area contributed by atoms with E-state index in [9.17, 15) is 13.0 Å². The number of hydrogen-bond donors (Lipinski definition) is 1. The molecule has 0 aromatic carbocycles. The molecule has 0 fully saturated rings. The molecule has 1 heterocycles. The van der Waals surface area contributed by atoms with Crippen molar-refractivity contribution in [2.45, 2.75) is 37.3 Å². The van der Waals surface area contributed by atoms with Gasteiger partial charge in [-0.15, -0.1) is 0 Å². The van der Waals surface area contributed by atoms with E-state index in [-0.39, 0.29) is 4.90 Å². The fourth-order valence-electron chi connectivity index (χ4n) is 1.07. The third kappa shape index (κ3) is 4.57. The SMILES string of the molecule is C/C(=N\[S@@+]([O-])C(C)(C)C)c1ccc(S(N)(=O)=O)cn1. The molecule has 0 aliphatic rings. The largest absolute Gasteiger partial charge is 0.591 e. The smallest absolute Gasteiger partial charge is 0.239 e. The first-order valence-electron chi connectivity index (χ1n) is 5.48. The van der Waals surface area contributed by atoms with Crippen molar-refractivity contribution in [1.82, 2.24) is 4.98 Å². The molecule has 0 saturated heterocycles. The van der Waals surface area contributed by atoms with Gasteiger partial charge in [-0.1, -0.05) is 4.40 Å². The molecule has 0 bridgehead atoms. The lowest BCUT2D eigenvalue weighted by Gasteiger charge is -2.18. The van der Waals surface area contributed by atoms with E-state index in [1.807, 2.05) is 20.8 Å². The second-order valence-electron chi connectivity index (χ2n) is 4.96. The fraction of sp³-hybridized carbons (Fsp3) is 0.455. The zero-order chi connectivity index (χ0) is 14.8. The molecule has 1 atom stereocenters. The Morgan fingerprint density at radius 3 is 2.37 bits per heavy atom. The van der Waals surface area contributed by atoms with E-state index in [1.165, 1.54) is 12.1 Å². The standard InChI is InChI=1S/C11H17N3O3S2/c1-8(14-18(15)11(2,3)4)10-6-5-9(7-13-10)19(12,16)17/h5-7H,1-4H3,(H2,12,16,17)/b14-8+/t18-/m0/s1. The number of nitrogens with zero attached hydrogens (tertiary/aromatic N) is 2. The highest BCUT2D eigenvalue weighted by atomic mass is 32.2. The van der Waals surface area contributed by atoms with Crippen molar-refractivity contribution in [2.75, 3.05) is 0 Å². The first-order valence-corrected chi connectivity index (χ1v) is 8.13. The highest BCUT2D eigenvalue weighted by molar-refractivity contribution is 7.91. The Morgan fingerprint density at radius 2 is 2.00 bits per heavy atom. The van der Waals surface area contributed by atoms with E-state index in [4.69, 9.17) is 5.14 Å². The van der Waals surface area contributed by atoms with E-state index in [0.29, 0.717) is 11.4 Å². The molecule has 8 heteroatoms. The molecule has 19 heavy (non-hydrogen) atoms. The zero-order valence-electron chi connectivity index (χ0n) is 11.2. The Kier molecular flexibility index (Phi) is 4.72. The van der Waals surface area contributed by atoms with Crippen LogP contribution in [0, 0.1) is 0 Å². The van der Waals surface area contributed by atoms with Crippen molar-refractivity contribution in [3.8, 4) is 0 Å². The Labute approximate surface area is 116 Å². The topological polar surface area (TPSA) is 108 Å². The van der Waals surface area contributed by atoms with Crippen LogP contribution >= 0.6 is 0 Å². The molecular weight excluding hydrogens is 286 g/mol. The third-order valence-corrected chi connectivity index (χ3v) is 4.57. The molecule has 0 unspecified atom stereocenters. The molecule has 0 aliphatic carbocycles. The molecule has 0 radical (unpaired) electrons. The van der Waals surface area contributed by atoms with Gasteiger partial charge in [0.05, 0.1) is 5.69 Å². The number of pyridine rings is 1. The van der Waals surface area contributed by atoms with Crippen LogP contribution in [0.5, 0.6) is 0 Å². The number of hydrogen-bond acceptors (Lipinski definition) is 5. The summed E-state index contributed by atoms with van der Waals surface area (Å²) >= 11 is -1.39. The normalized spacial score (nSPS) is 15.4. The minimum atomic E-state index is -3.75. The maximum Gasteiger partial charge on any atom is 0.239 e. The highest BCUT2D eigenvalue weighted by Gasteiger charge is 2.27. The summed E-state index contributed by atoms with van der Waals surface area (Å²) < 4.78 is 37.6. The molecule has 0 saturated carbocycles. The summed E-state index contributed by atoms with van der Waals surface area (Å²) in [7, 11) is -3.75. The molecule has 106 valence electrons. The van der Waals surface area contributed by atoms with E-state index >= 15 is 0 Å². The lowest BCUT2D eigenvalue weighted by molar-refractivity contribution is 0.561. The first kappa shape index (κ1) is 16.1. The Bertz CT molecular complexity index is 574. The van der Waals surface area contributed by atoms with Crippen LogP contribution in [0.2, 0.25) is 0 Å². The summed E-state index contributed by atoms with van der Waals surface area (Å²) in [5.74, 6) is 0. The molecule has 2 N–H and O–H groups in total. The maximum atomic E-state index is 11.9. The lowest BCUT2D eigenvalue weighted by Crippen LogP contribution is -2.26. The number of nitrogens with two attached hydrogens (primary N) is 1. The first-order chi connectivity index (χ1) is 8.51. The minimum Gasteiger partial charge on any atom is -0.591 e. The summed E-state index contributed by atoms with van der Waals surface area (Å²) in [6.07, 6.45) is 1.16. The average Bonchev–Trinajstić information content (AvgIpc) is 2.26. The van der Waals surface area contributed by atoms with Gasteiger partial charge in [-0.3, -0.25) is 4.98 Å². The summed E-state index contributed by atoms with van der Waals surface area (Å²) in [4.78, 5) is 3.89. The van der Waals surface area contributed by atoms with Crippen molar-refractivity contribution in [1.29, 1.82) is 0 Å². The summed E-state index contributed by atoms with van der Waals surface area (Å²) in [5, 5.41) is 4.97. The number of primary sulfonamides is 1. The summed E-state index contributed by atoms with van der Waals surface area (Å²) in [5.41, 5.74) is 0.944.